The van der Waals surface area contributed by atoms with Crippen LogP contribution >= 0.6 is 0 Å². The molecule has 2 rings (SSSR count). The van der Waals surface area contributed by atoms with Gasteiger partial charge in [0.1, 0.15) is 11.6 Å². The van der Waals surface area contributed by atoms with Crippen molar-refractivity contribution in [2.45, 2.75) is 19.1 Å². The van der Waals surface area contributed by atoms with Gasteiger partial charge >= 0.3 is 5.97 Å². The first-order valence-corrected chi connectivity index (χ1v) is 5.49. The summed E-state index contributed by atoms with van der Waals surface area (Å²) in [5.41, 5.74) is 1.48. The van der Waals surface area contributed by atoms with Crippen LogP contribution in [-0.2, 0) is 9.53 Å². The maximum Gasteiger partial charge on any atom is 0.338 e. The first-order valence-electron chi connectivity index (χ1n) is 5.49. The molecule has 0 fully saturated rings. The highest BCUT2D eigenvalue weighted by atomic mass is 16.5. The second-order valence-electron chi connectivity index (χ2n) is 3.72. The Morgan fingerprint density at radius 1 is 1.50 bits per heavy atom. The lowest BCUT2D eigenvalue weighted by Gasteiger charge is -2.16. The fourth-order valence-corrected chi connectivity index (χ4v) is 1.60. The first kappa shape index (κ1) is 12.5. The van der Waals surface area contributed by atoms with Crippen molar-refractivity contribution in [3.05, 3.63) is 30.2 Å². The molecule has 6 heteroatoms. The highest BCUT2D eigenvalue weighted by Crippen LogP contribution is 2.22. The number of benzene rings is 1. The fraction of sp³-hybridized carbons (Fsp3) is 0.333. The van der Waals surface area contributed by atoms with Crippen LogP contribution < -0.4 is 0 Å². The van der Waals surface area contributed by atoms with E-state index in [1.165, 1.54) is 6.39 Å². The number of esters is 1. The molecule has 2 aromatic rings. The third kappa shape index (κ3) is 2.34. The summed E-state index contributed by atoms with van der Waals surface area (Å²) in [7, 11) is 0. The normalized spacial score (nSPS) is 14.4. The predicted octanol–water partition coefficient (Wildman–Crippen LogP) is 0.785. The molecule has 1 aromatic heterocycles. The molecule has 2 atom stereocenters. The molecule has 6 nitrogen and oxygen atoms in total. The van der Waals surface area contributed by atoms with Gasteiger partial charge in [-0.05, 0) is 24.6 Å². The van der Waals surface area contributed by atoms with Gasteiger partial charge in [-0.2, -0.15) is 0 Å². The van der Waals surface area contributed by atoms with Crippen molar-refractivity contribution in [1.82, 2.24) is 4.98 Å². The molecule has 0 aliphatic rings. The van der Waals surface area contributed by atoms with Gasteiger partial charge in [-0.1, -0.05) is 6.07 Å². The maximum absolute atomic E-state index is 11.3. The average Bonchev–Trinajstić information content (AvgIpc) is 2.84. The molecule has 1 heterocycles. The van der Waals surface area contributed by atoms with Crippen molar-refractivity contribution in [1.29, 1.82) is 0 Å². The van der Waals surface area contributed by atoms with Gasteiger partial charge in [-0.25, -0.2) is 9.78 Å². The van der Waals surface area contributed by atoms with E-state index in [0.717, 1.165) is 0 Å². The number of oxazole rings is 1. The highest BCUT2D eigenvalue weighted by Gasteiger charge is 2.27. The minimum Gasteiger partial charge on any atom is -0.464 e. The molecule has 2 unspecified atom stereocenters. The zero-order chi connectivity index (χ0) is 13.1. The minimum absolute atomic E-state index is 0.144. The standard InChI is InChI=1S/C12H13NO5/c1-2-17-12(16)11(15)10(14)7-3-4-9-8(5-7)13-6-18-9/h3-6,10-11,14-15H,2H2,1H3. The van der Waals surface area contributed by atoms with Crippen LogP contribution in [0.1, 0.15) is 18.6 Å². The van der Waals surface area contributed by atoms with Gasteiger partial charge in [0.2, 0.25) is 0 Å². The van der Waals surface area contributed by atoms with E-state index in [-0.39, 0.29) is 6.61 Å². The topological polar surface area (TPSA) is 92.8 Å². The van der Waals surface area contributed by atoms with E-state index in [4.69, 9.17) is 4.42 Å². The Hall–Kier alpha value is -1.92. The van der Waals surface area contributed by atoms with Crippen molar-refractivity contribution in [2.75, 3.05) is 6.61 Å². The molecule has 0 spiro atoms. The molecular formula is C12H13NO5. The molecule has 0 aliphatic carbocycles. The summed E-state index contributed by atoms with van der Waals surface area (Å²) in [5, 5.41) is 19.5. The number of rotatable bonds is 4. The number of aromatic nitrogens is 1. The minimum atomic E-state index is -1.62. The fourth-order valence-electron chi connectivity index (χ4n) is 1.60. The summed E-state index contributed by atoms with van der Waals surface area (Å²) in [6.45, 7) is 1.77. The van der Waals surface area contributed by atoms with Crippen LogP contribution in [0.2, 0.25) is 0 Å². The van der Waals surface area contributed by atoms with E-state index in [2.05, 4.69) is 9.72 Å². The number of hydrogen-bond donors (Lipinski definition) is 2. The van der Waals surface area contributed by atoms with E-state index < -0.39 is 18.2 Å². The Labute approximate surface area is 103 Å². The highest BCUT2D eigenvalue weighted by molar-refractivity contribution is 5.77. The van der Waals surface area contributed by atoms with E-state index in [0.29, 0.717) is 16.7 Å². The van der Waals surface area contributed by atoms with Crippen molar-refractivity contribution < 1.29 is 24.2 Å². The quantitative estimate of drug-likeness (QED) is 0.780. The number of ether oxygens (including phenoxy) is 1. The summed E-state index contributed by atoms with van der Waals surface area (Å²) >= 11 is 0. The van der Waals surface area contributed by atoms with Crippen LogP contribution in [0.5, 0.6) is 0 Å². The molecule has 18 heavy (non-hydrogen) atoms. The Morgan fingerprint density at radius 3 is 3.00 bits per heavy atom. The van der Waals surface area contributed by atoms with E-state index in [1.807, 2.05) is 0 Å². The summed E-state index contributed by atoms with van der Waals surface area (Å²) in [6.07, 6.45) is -1.69. The molecule has 0 radical (unpaired) electrons. The Kier molecular flexibility index (Phi) is 3.59. The number of carbonyl (C=O) groups is 1. The Balaban J connectivity index is 2.21. The van der Waals surface area contributed by atoms with Gasteiger partial charge in [0.25, 0.3) is 0 Å². The molecule has 2 N–H and O–H groups in total. The molecule has 0 amide bonds. The third-order valence-corrected chi connectivity index (χ3v) is 2.52. The van der Waals surface area contributed by atoms with Gasteiger partial charge in [-0.3, -0.25) is 0 Å². The Bertz CT molecular complexity index is 550. The van der Waals surface area contributed by atoms with E-state index in [9.17, 15) is 15.0 Å². The SMILES string of the molecule is CCOC(=O)C(O)C(O)c1ccc2ocnc2c1. The largest absolute Gasteiger partial charge is 0.464 e. The van der Waals surface area contributed by atoms with Gasteiger partial charge in [-0.15, -0.1) is 0 Å². The van der Waals surface area contributed by atoms with Gasteiger partial charge in [0, 0.05) is 0 Å². The van der Waals surface area contributed by atoms with Gasteiger partial charge < -0.3 is 19.4 Å². The summed E-state index contributed by atoms with van der Waals surface area (Å²) in [5.74, 6) is -0.856. The van der Waals surface area contributed by atoms with Crippen molar-refractivity contribution >= 4 is 17.1 Å². The maximum atomic E-state index is 11.3. The molecule has 0 aliphatic heterocycles. The zero-order valence-electron chi connectivity index (χ0n) is 9.74. The van der Waals surface area contributed by atoms with E-state index in [1.54, 1.807) is 25.1 Å². The number of aliphatic hydroxyl groups is 2. The van der Waals surface area contributed by atoms with Gasteiger partial charge in [0.15, 0.2) is 18.1 Å². The number of hydrogen-bond acceptors (Lipinski definition) is 6. The summed E-state index contributed by atoms with van der Waals surface area (Å²) in [4.78, 5) is 15.2. The lowest BCUT2D eigenvalue weighted by Crippen LogP contribution is -2.29. The van der Waals surface area contributed by atoms with Crippen LogP contribution in [0.3, 0.4) is 0 Å². The lowest BCUT2D eigenvalue weighted by atomic mass is 10.0. The number of nitrogens with zero attached hydrogens (tertiary/aromatic N) is 1. The van der Waals surface area contributed by atoms with Crippen molar-refractivity contribution in [3.63, 3.8) is 0 Å². The average molecular weight is 251 g/mol. The summed E-state index contributed by atoms with van der Waals surface area (Å²) < 4.78 is 9.69. The molecule has 0 saturated heterocycles. The third-order valence-electron chi connectivity index (χ3n) is 2.52. The van der Waals surface area contributed by atoms with Crippen LogP contribution in [0, 0.1) is 0 Å². The van der Waals surface area contributed by atoms with Crippen LogP contribution in [0.15, 0.2) is 29.0 Å². The molecule has 96 valence electrons. The molecule has 0 saturated carbocycles. The lowest BCUT2D eigenvalue weighted by molar-refractivity contribution is -0.159. The van der Waals surface area contributed by atoms with Crippen LogP contribution in [0.4, 0.5) is 0 Å². The van der Waals surface area contributed by atoms with E-state index >= 15 is 0 Å². The smallest absolute Gasteiger partial charge is 0.338 e. The number of fused-ring (bicyclic) bond motifs is 1. The van der Waals surface area contributed by atoms with Crippen LogP contribution in [0.25, 0.3) is 11.1 Å². The number of carbonyl (C=O) groups excluding carboxylic acids is 1. The summed E-state index contributed by atoms with van der Waals surface area (Å²) in [6, 6.07) is 4.71. The first-order chi connectivity index (χ1) is 8.63. The second kappa shape index (κ2) is 5.16. The van der Waals surface area contributed by atoms with Gasteiger partial charge in [0.05, 0.1) is 6.61 Å². The molecule has 1 aromatic carbocycles. The van der Waals surface area contributed by atoms with Crippen LogP contribution in [-0.4, -0.2) is 33.9 Å². The van der Waals surface area contributed by atoms with Crippen molar-refractivity contribution in [3.8, 4) is 0 Å². The Morgan fingerprint density at radius 2 is 2.28 bits per heavy atom. The van der Waals surface area contributed by atoms with Crippen molar-refractivity contribution in [2.24, 2.45) is 0 Å². The number of aliphatic hydroxyl groups excluding tert-OH is 2. The zero-order valence-corrected chi connectivity index (χ0v) is 9.74. The monoisotopic (exact) mass is 251 g/mol. The second-order valence-corrected chi connectivity index (χ2v) is 3.72. The predicted molar refractivity (Wildman–Crippen MR) is 61.6 cm³/mol. The molecular weight excluding hydrogens is 238 g/mol. The molecule has 0 bridgehead atoms.